The summed E-state index contributed by atoms with van der Waals surface area (Å²) in [6.45, 7) is 11.8. The minimum absolute atomic E-state index is 0.516. The summed E-state index contributed by atoms with van der Waals surface area (Å²) in [5.41, 5.74) is 0.516. The van der Waals surface area contributed by atoms with Crippen molar-refractivity contribution in [3.63, 3.8) is 0 Å². The van der Waals surface area contributed by atoms with Gasteiger partial charge < -0.3 is 0 Å². The van der Waals surface area contributed by atoms with Crippen molar-refractivity contribution >= 4 is 0 Å². The third kappa shape index (κ3) is 11.9. The molecule has 0 saturated carbocycles. The molecule has 1 atom stereocenters. The molecule has 0 amide bonds. The lowest BCUT2D eigenvalue weighted by Gasteiger charge is -2.23. The van der Waals surface area contributed by atoms with E-state index in [9.17, 15) is 0 Å². The molecule has 15 heavy (non-hydrogen) atoms. The SMILES string of the molecule is CCCCCCCCC(C)CC(C)(C)C. The summed E-state index contributed by atoms with van der Waals surface area (Å²) in [7, 11) is 0. The van der Waals surface area contributed by atoms with Crippen molar-refractivity contribution in [2.24, 2.45) is 11.3 Å². The summed E-state index contributed by atoms with van der Waals surface area (Å²) in [5.74, 6) is 0.913. The summed E-state index contributed by atoms with van der Waals surface area (Å²) in [6.07, 6.45) is 11.4. The fourth-order valence-electron chi connectivity index (χ4n) is 2.42. The third-order valence-electron chi connectivity index (χ3n) is 3.01. The Morgan fingerprint density at radius 1 is 0.867 bits per heavy atom. The van der Waals surface area contributed by atoms with Crippen LogP contribution in [0, 0.1) is 11.3 Å². The maximum atomic E-state index is 2.41. The molecule has 0 N–H and O–H groups in total. The molecule has 0 aromatic carbocycles. The molecule has 0 rings (SSSR count). The fourth-order valence-corrected chi connectivity index (χ4v) is 2.42. The van der Waals surface area contributed by atoms with Gasteiger partial charge in [0, 0.05) is 0 Å². The van der Waals surface area contributed by atoms with Crippen LogP contribution in [0.3, 0.4) is 0 Å². The maximum Gasteiger partial charge on any atom is -0.0380 e. The first kappa shape index (κ1) is 15.0. The summed E-state index contributed by atoms with van der Waals surface area (Å²) in [6, 6.07) is 0. The topological polar surface area (TPSA) is 0 Å². The van der Waals surface area contributed by atoms with E-state index >= 15 is 0 Å². The second-order valence-electron chi connectivity index (χ2n) is 6.43. The average molecular weight is 212 g/mol. The van der Waals surface area contributed by atoms with E-state index in [1.165, 1.54) is 51.4 Å². The summed E-state index contributed by atoms with van der Waals surface area (Å²) >= 11 is 0. The molecule has 92 valence electrons. The maximum absolute atomic E-state index is 2.41. The van der Waals surface area contributed by atoms with Crippen LogP contribution in [0.1, 0.15) is 86.0 Å². The molecule has 0 aliphatic rings. The Morgan fingerprint density at radius 3 is 1.93 bits per heavy atom. The molecule has 0 heterocycles. The number of hydrogen-bond acceptors (Lipinski definition) is 0. The molecule has 0 nitrogen and oxygen atoms in total. The van der Waals surface area contributed by atoms with Gasteiger partial charge >= 0.3 is 0 Å². The molecule has 1 unspecified atom stereocenters. The van der Waals surface area contributed by atoms with Crippen molar-refractivity contribution < 1.29 is 0 Å². The van der Waals surface area contributed by atoms with Gasteiger partial charge in [0.2, 0.25) is 0 Å². The first-order chi connectivity index (χ1) is 6.95. The molecule has 0 saturated heterocycles. The van der Waals surface area contributed by atoms with Crippen molar-refractivity contribution in [3.8, 4) is 0 Å². The second kappa shape index (κ2) is 8.19. The summed E-state index contributed by atoms with van der Waals surface area (Å²) < 4.78 is 0. The number of hydrogen-bond donors (Lipinski definition) is 0. The molecule has 0 fully saturated rings. The van der Waals surface area contributed by atoms with Crippen molar-refractivity contribution in [2.75, 3.05) is 0 Å². The van der Waals surface area contributed by atoms with Gasteiger partial charge in [-0.3, -0.25) is 0 Å². The minimum atomic E-state index is 0.516. The molecule has 0 aromatic heterocycles. The first-order valence-electron chi connectivity index (χ1n) is 6.95. The minimum Gasteiger partial charge on any atom is -0.0654 e. The normalized spacial score (nSPS) is 14.2. The van der Waals surface area contributed by atoms with Crippen molar-refractivity contribution in [3.05, 3.63) is 0 Å². The van der Waals surface area contributed by atoms with Gasteiger partial charge in [-0.05, 0) is 17.8 Å². The second-order valence-corrected chi connectivity index (χ2v) is 6.43. The van der Waals surface area contributed by atoms with Crippen molar-refractivity contribution in [1.29, 1.82) is 0 Å². The Balaban J connectivity index is 3.28. The van der Waals surface area contributed by atoms with E-state index in [0.29, 0.717) is 5.41 Å². The fraction of sp³-hybridized carbons (Fsp3) is 1.00. The zero-order valence-electron chi connectivity index (χ0n) is 11.7. The highest BCUT2D eigenvalue weighted by molar-refractivity contribution is 4.66. The molecule has 0 spiro atoms. The van der Waals surface area contributed by atoms with Gasteiger partial charge in [-0.15, -0.1) is 0 Å². The highest BCUT2D eigenvalue weighted by atomic mass is 14.2. The van der Waals surface area contributed by atoms with Crippen LogP contribution in [-0.4, -0.2) is 0 Å². The Kier molecular flexibility index (Phi) is 8.19. The van der Waals surface area contributed by atoms with Crippen LogP contribution in [0.5, 0.6) is 0 Å². The predicted octanol–water partition coefficient (Wildman–Crippen LogP) is 5.81. The zero-order valence-corrected chi connectivity index (χ0v) is 11.7. The van der Waals surface area contributed by atoms with Crippen LogP contribution < -0.4 is 0 Å². The van der Waals surface area contributed by atoms with E-state index in [0.717, 1.165) is 5.92 Å². The van der Waals surface area contributed by atoms with Crippen molar-refractivity contribution in [2.45, 2.75) is 86.0 Å². The Morgan fingerprint density at radius 2 is 1.40 bits per heavy atom. The molecular formula is C15H32. The Hall–Kier alpha value is 0. The van der Waals surface area contributed by atoms with Gasteiger partial charge in [-0.1, -0.05) is 79.6 Å². The molecule has 0 radical (unpaired) electrons. The van der Waals surface area contributed by atoms with Gasteiger partial charge in [0.05, 0.1) is 0 Å². The number of unbranched alkanes of at least 4 members (excludes halogenated alkanes) is 5. The molecule has 0 aliphatic carbocycles. The molecule has 0 aromatic rings. The Labute approximate surface area is 97.8 Å². The van der Waals surface area contributed by atoms with Gasteiger partial charge in [0.25, 0.3) is 0 Å². The molecular weight excluding hydrogens is 180 g/mol. The van der Waals surface area contributed by atoms with Crippen LogP contribution >= 0.6 is 0 Å². The van der Waals surface area contributed by atoms with Crippen LogP contribution in [0.2, 0.25) is 0 Å². The number of rotatable bonds is 8. The lowest BCUT2D eigenvalue weighted by Crippen LogP contribution is -2.10. The van der Waals surface area contributed by atoms with Gasteiger partial charge in [-0.25, -0.2) is 0 Å². The van der Waals surface area contributed by atoms with Gasteiger partial charge in [0.15, 0.2) is 0 Å². The predicted molar refractivity (Wildman–Crippen MR) is 71.2 cm³/mol. The van der Waals surface area contributed by atoms with E-state index < -0.39 is 0 Å². The summed E-state index contributed by atoms with van der Waals surface area (Å²) in [4.78, 5) is 0. The van der Waals surface area contributed by atoms with Gasteiger partial charge in [-0.2, -0.15) is 0 Å². The smallest absolute Gasteiger partial charge is 0.0380 e. The van der Waals surface area contributed by atoms with Crippen molar-refractivity contribution in [1.82, 2.24) is 0 Å². The van der Waals surface area contributed by atoms with Crippen LogP contribution in [0.15, 0.2) is 0 Å². The average Bonchev–Trinajstić information content (AvgIpc) is 2.08. The standard InChI is InChI=1S/C15H32/c1-6-7-8-9-10-11-12-14(2)13-15(3,4)5/h14H,6-13H2,1-5H3. The molecule has 0 aliphatic heterocycles. The largest absolute Gasteiger partial charge is 0.0654 e. The molecule has 0 heteroatoms. The lowest BCUT2D eigenvalue weighted by atomic mass is 9.83. The van der Waals surface area contributed by atoms with E-state index in [1.807, 2.05) is 0 Å². The lowest BCUT2D eigenvalue weighted by molar-refractivity contribution is 0.291. The van der Waals surface area contributed by atoms with Crippen LogP contribution in [0.25, 0.3) is 0 Å². The van der Waals surface area contributed by atoms with Crippen LogP contribution in [0.4, 0.5) is 0 Å². The van der Waals surface area contributed by atoms with Crippen LogP contribution in [-0.2, 0) is 0 Å². The highest BCUT2D eigenvalue weighted by Gasteiger charge is 2.14. The zero-order chi connectivity index (χ0) is 11.7. The Bertz CT molecular complexity index is 129. The van der Waals surface area contributed by atoms with E-state index in [4.69, 9.17) is 0 Å². The van der Waals surface area contributed by atoms with Gasteiger partial charge in [0.1, 0.15) is 0 Å². The quantitative estimate of drug-likeness (QED) is 0.445. The first-order valence-corrected chi connectivity index (χ1v) is 6.95. The van der Waals surface area contributed by atoms with E-state index in [2.05, 4.69) is 34.6 Å². The van der Waals surface area contributed by atoms with E-state index in [1.54, 1.807) is 0 Å². The van der Waals surface area contributed by atoms with E-state index in [-0.39, 0.29) is 0 Å². The molecule has 0 bridgehead atoms. The summed E-state index contributed by atoms with van der Waals surface area (Å²) in [5, 5.41) is 0. The third-order valence-corrected chi connectivity index (χ3v) is 3.01. The highest BCUT2D eigenvalue weighted by Crippen LogP contribution is 2.27. The monoisotopic (exact) mass is 212 g/mol.